The zero-order valence-corrected chi connectivity index (χ0v) is 14.1. The van der Waals surface area contributed by atoms with Crippen LogP contribution in [0.4, 0.5) is 5.82 Å². The minimum absolute atomic E-state index is 0.00277. The molecule has 0 amide bonds. The Labute approximate surface area is 146 Å². The van der Waals surface area contributed by atoms with Crippen LogP contribution in [0, 0.1) is 0 Å². The van der Waals surface area contributed by atoms with Gasteiger partial charge in [0.15, 0.2) is 5.76 Å². The third-order valence-corrected chi connectivity index (χ3v) is 3.77. The Kier molecular flexibility index (Phi) is 4.38. The molecule has 0 aromatic carbocycles. The third kappa shape index (κ3) is 2.99. The van der Waals surface area contributed by atoms with Crippen LogP contribution < -0.4 is 11.4 Å². The second kappa shape index (κ2) is 6.52. The Morgan fingerprint density at radius 1 is 1.27 bits per heavy atom. The van der Waals surface area contributed by atoms with Crippen LogP contribution in [0.25, 0.3) is 5.88 Å². The molecule has 3 heterocycles. The van der Waals surface area contributed by atoms with Crippen molar-refractivity contribution < 1.29 is 19.7 Å². The molecule has 0 aliphatic carbocycles. The molecule has 0 aliphatic rings. The molecule has 3 aromatic rings. The maximum absolute atomic E-state index is 12.1. The number of nitrogens with zero attached hydrogens (tertiary/aromatic N) is 5. The predicted molar refractivity (Wildman–Crippen MR) is 89.0 cm³/mol. The number of aromatic hydroxyl groups is 2. The molecule has 0 aliphatic heterocycles. The molecule has 0 unspecified atom stereocenters. The first-order valence-electron chi connectivity index (χ1n) is 7.75. The summed E-state index contributed by atoms with van der Waals surface area (Å²) in [5.41, 5.74) is 6.06. The number of nitrogens with two attached hydrogens (primary N) is 1. The van der Waals surface area contributed by atoms with Gasteiger partial charge in [-0.15, -0.1) is 5.10 Å². The lowest BCUT2D eigenvalue weighted by Crippen LogP contribution is -2.23. The van der Waals surface area contributed by atoms with Crippen molar-refractivity contribution in [2.45, 2.75) is 32.9 Å². The van der Waals surface area contributed by atoms with Gasteiger partial charge in [-0.05, 0) is 13.8 Å². The molecule has 26 heavy (non-hydrogen) atoms. The van der Waals surface area contributed by atoms with Gasteiger partial charge in [-0.25, -0.2) is 14.0 Å². The number of nitrogen functional groups attached to an aromatic ring is 1. The molecule has 0 spiro atoms. The fourth-order valence-corrected chi connectivity index (χ4v) is 2.35. The Balaban J connectivity index is 2.03. The largest absolute Gasteiger partial charge is 0.502 e. The van der Waals surface area contributed by atoms with E-state index in [-0.39, 0.29) is 29.9 Å². The molecule has 0 fully saturated rings. The number of aromatic nitrogens is 5. The van der Waals surface area contributed by atoms with Gasteiger partial charge >= 0.3 is 5.69 Å². The average Bonchev–Trinajstić information content (AvgIpc) is 3.17. The highest BCUT2D eigenvalue weighted by Gasteiger charge is 2.22. The molecule has 0 radical (unpaired) electrons. The molecule has 3 aromatic heterocycles. The standard InChI is InChI=1S/C15H18N6O5/c1-7(2)21-5-9(18-19-21)3-8-4-20(15(25)17-13(8)16)14-12(24)11(23)10(6-22)26-14/h4-5,7,22-24H,3,6H2,1-2H3,(H2,16,17,25). The van der Waals surface area contributed by atoms with E-state index in [4.69, 9.17) is 15.3 Å². The van der Waals surface area contributed by atoms with Crippen LogP contribution in [0.1, 0.15) is 36.9 Å². The molecule has 0 bridgehead atoms. The molecule has 3 rings (SSSR count). The summed E-state index contributed by atoms with van der Waals surface area (Å²) in [7, 11) is 0. The first-order chi connectivity index (χ1) is 12.3. The second-order valence-electron chi connectivity index (χ2n) is 5.95. The maximum atomic E-state index is 12.1. The van der Waals surface area contributed by atoms with Gasteiger partial charge in [-0.1, -0.05) is 5.21 Å². The topological polar surface area (TPSA) is 165 Å². The lowest BCUT2D eigenvalue weighted by Gasteiger charge is -2.07. The number of rotatable bonds is 5. The quantitative estimate of drug-likeness (QED) is 0.491. The summed E-state index contributed by atoms with van der Waals surface area (Å²) in [6, 6.07) is 0.139. The minimum Gasteiger partial charge on any atom is -0.502 e. The molecule has 0 atom stereocenters. The van der Waals surface area contributed by atoms with Crippen LogP contribution in [0.15, 0.2) is 21.6 Å². The Morgan fingerprint density at radius 3 is 2.58 bits per heavy atom. The van der Waals surface area contributed by atoms with Gasteiger partial charge < -0.3 is 25.5 Å². The highest BCUT2D eigenvalue weighted by atomic mass is 16.4. The lowest BCUT2D eigenvalue weighted by molar-refractivity contribution is 0.238. The minimum atomic E-state index is -0.814. The number of furan rings is 1. The average molecular weight is 362 g/mol. The van der Waals surface area contributed by atoms with Crippen molar-refractivity contribution in [2.24, 2.45) is 0 Å². The summed E-state index contributed by atoms with van der Waals surface area (Å²) in [5.74, 6) is -1.96. The van der Waals surface area contributed by atoms with E-state index >= 15 is 0 Å². The van der Waals surface area contributed by atoms with Crippen LogP contribution in [0.5, 0.6) is 11.5 Å². The van der Waals surface area contributed by atoms with Crippen LogP contribution in [-0.2, 0) is 13.0 Å². The van der Waals surface area contributed by atoms with E-state index in [2.05, 4.69) is 15.3 Å². The summed E-state index contributed by atoms with van der Waals surface area (Å²) in [6.45, 7) is 3.26. The number of aliphatic hydroxyl groups excluding tert-OH is 1. The maximum Gasteiger partial charge on any atom is 0.356 e. The van der Waals surface area contributed by atoms with Crippen molar-refractivity contribution >= 4 is 5.82 Å². The van der Waals surface area contributed by atoms with Gasteiger partial charge in [-0.2, -0.15) is 4.98 Å². The first kappa shape index (κ1) is 17.5. The van der Waals surface area contributed by atoms with E-state index in [9.17, 15) is 15.0 Å². The summed E-state index contributed by atoms with van der Waals surface area (Å²) in [5, 5.41) is 36.8. The smallest absolute Gasteiger partial charge is 0.356 e. The zero-order valence-electron chi connectivity index (χ0n) is 14.1. The number of hydrogen-bond acceptors (Lipinski definition) is 9. The van der Waals surface area contributed by atoms with Crippen LogP contribution in [0.3, 0.4) is 0 Å². The van der Waals surface area contributed by atoms with Gasteiger partial charge in [0.05, 0.1) is 5.69 Å². The third-order valence-electron chi connectivity index (χ3n) is 3.77. The Morgan fingerprint density at radius 2 is 2.00 bits per heavy atom. The van der Waals surface area contributed by atoms with Crippen molar-refractivity contribution in [2.75, 3.05) is 5.73 Å². The lowest BCUT2D eigenvalue weighted by atomic mass is 10.2. The molecule has 0 saturated heterocycles. The van der Waals surface area contributed by atoms with E-state index in [0.717, 1.165) is 4.57 Å². The van der Waals surface area contributed by atoms with Crippen molar-refractivity contribution in [3.8, 4) is 17.4 Å². The first-order valence-corrected chi connectivity index (χ1v) is 7.75. The second-order valence-corrected chi connectivity index (χ2v) is 5.95. The van der Waals surface area contributed by atoms with E-state index in [1.165, 1.54) is 6.20 Å². The molecule has 138 valence electrons. The fraction of sp³-hybridized carbons (Fsp3) is 0.333. The summed E-state index contributed by atoms with van der Waals surface area (Å²) >= 11 is 0. The predicted octanol–water partition coefficient (Wildman–Crippen LogP) is 0.0744. The fourth-order valence-electron chi connectivity index (χ4n) is 2.35. The normalized spacial score (nSPS) is 11.4. The summed E-state index contributed by atoms with van der Waals surface area (Å²) < 4.78 is 7.72. The molecule has 5 N–H and O–H groups in total. The highest BCUT2D eigenvalue weighted by molar-refractivity contribution is 5.52. The van der Waals surface area contributed by atoms with Crippen molar-refractivity contribution in [1.82, 2.24) is 24.5 Å². The van der Waals surface area contributed by atoms with Crippen molar-refractivity contribution in [3.05, 3.63) is 39.9 Å². The Bertz CT molecular complexity index is 1000. The van der Waals surface area contributed by atoms with Gasteiger partial charge in [0, 0.05) is 30.4 Å². The number of anilines is 1. The van der Waals surface area contributed by atoms with Crippen molar-refractivity contribution in [1.29, 1.82) is 0 Å². The molecule has 11 heteroatoms. The number of hydrogen-bond donors (Lipinski definition) is 4. The molecule has 0 saturated carbocycles. The van der Waals surface area contributed by atoms with Crippen molar-refractivity contribution in [3.63, 3.8) is 0 Å². The molecular weight excluding hydrogens is 344 g/mol. The van der Waals surface area contributed by atoms with Crippen LogP contribution in [-0.4, -0.2) is 39.9 Å². The van der Waals surface area contributed by atoms with Crippen LogP contribution in [0.2, 0.25) is 0 Å². The van der Waals surface area contributed by atoms with E-state index < -0.39 is 23.8 Å². The highest BCUT2D eigenvalue weighted by Crippen LogP contribution is 2.37. The van der Waals surface area contributed by atoms with Crippen LogP contribution >= 0.6 is 0 Å². The van der Waals surface area contributed by atoms with E-state index in [1.807, 2.05) is 13.8 Å². The Hall–Kier alpha value is -3.34. The van der Waals surface area contributed by atoms with Gasteiger partial charge in [0.2, 0.25) is 11.5 Å². The SMILES string of the molecule is CC(C)n1cc(Cc2cn(-c3oc(CO)c(O)c3O)c(=O)nc2N)nn1. The molecule has 11 nitrogen and oxygen atoms in total. The number of aliphatic hydroxyl groups is 1. The van der Waals surface area contributed by atoms with E-state index in [0.29, 0.717) is 11.3 Å². The molecular formula is C15H18N6O5. The monoisotopic (exact) mass is 362 g/mol. The van der Waals surface area contributed by atoms with Gasteiger partial charge in [-0.3, -0.25) is 0 Å². The van der Waals surface area contributed by atoms with Gasteiger partial charge in [0.25, 0.3) is 5.88 Å². The zero-order chi connectivity index (χ0) is 19.0. The summed E-state index contributed by atoms with van der Waals surface area (Å²) in [4.78, 5) is 15.8. The van der Waals surface area contributed by atoms with E-state index in [1.54, 1.807) is 10.9 Å². The van der Waals surface area contributed by atoms with Gasteiger partial charge in [0.1, 0.15) is 12.4 Å². The summed E-state index contributed by atoms with van der Waals surface area (Å²) in [6.07, 6.45) is 3.32.